The van der Waals surface area contributed by atoms with E-state index in [1.807, 2.05) is 60.7 Å². The topological polar surface area (TPSA) is 23.0 Å². The first-order valence-corrected chi connectivity index (χ1v) is 21.2. The van der Waals surface area contributed by atoms with E-state index in [9.17, 15) is 0 Å². The number of hydrogen-bond acceptors (Lipinski definition) is 1. The Labute approximate surface area is 386 Å². The second kappa shape index (κ2) is 14.7. The van der Waals surface area contributed by atoms with Gasteiger partial charge in [-0.05, 0) is 88.0 Å². The molecule has 0 aliphatic rings. The normalized spacial score (nSPS) is 11.9. The van der Waals surface area contributed by atoms with Gasteiger partial charge >= 0.3 is 0 Å². The molecule has 0 atom stereocenters. The van der Waals surface area contributed by atoms with E-state index in [0.29, 0.717) is 49.6 Å². The molecule has 0 aliphatic heterocycles. The zero-order valence-electron chi connectivity index (χ0n) is 34.9. The zero-order valence-corrected chi connectivity index (χ0v) is 34.9. The molecule has 16 radical (unpaired) electrons. The fraction of sp³-hybridized carbons (Fsp3) is 0. The van der Waals surface area contributed by atoms with E-state index in [4.69, 9.17) is 67.2 Å². The summed E-state index contributed by atoms with van der Waals surface area (Å²) in [6, 6.07) is 53.6. The highest BCUT2D eigenvalue weighted by atomic mass is 16.3. The minimum atomic E-state index is 0.122. The Bertz CT molecular complexity index is 3950. The lowest BCUT2D eigenvalue weighted by molar-refractivity contribution is 0.668. The Morgan fingerprint density at radius 1 is 0.323 bits per heavy atom. The van der Waals surface area contributed by atoms with Crippen molar-refractivity contribution in [3.8, 4) is 44.8 Å². The molecule has 0 N–H and O–H groups in total. The molecule has 11 heteroatoms. The Kier molecular flexibility index (Phi) is 8.94. The standard InChI is InChI=1S/C54H26B8N2O/c55-46-42(29-19-24-38-36(25-29)32-11-4-6-14-37(32)63(38)30-20-17-28(18-21-30)27-9-2-1-3-10-27)47(56)53(62)54-45(46)43-35(44-48(57)50(59)52(61)51(60)49(44)58)13-8-15-39(43)64(54)31-22-23-34-33-12-5-7-16-40(33)65-41(34)26-31/h1-26H. The molecule has 12 rings (SSSR count). The third-order valence-corrected chi connectivity index (χ3v) is 13.1. The highest BCUT2D eigenvalue weighted by Gasteiger charge is 2.25. The summed E-state index contributed by atoms with van der Waals surface area (Å²) < 4.78 is 10.7. The van der Waals surface area contributed by atoms with E-state index in [1.54, 1.807) is 0 Å². The molecule has 0 spiro atoms. The van der Waals surface area contributed by atoms with Gasteiger partial charge in [0.1, 0.15) is 73.9 Å². The fourth-order valence-electron chi connectivity index (χ4n) is 10.0. The van der Waals surface area contributed by atoms with Crippen LogP contribution in [0.5, 0.6) is 0 Å². The van der Waals surface area contributed by atoms with Crippen LogP contribution < -0.4 is 43.7 Å². The van der Waals surface area contributed by atoms with Crippen LogP contribution in [0.1, 0.15) is 0 Å². The average Bonchev–Trinajstić information content (AvgIpc) is 4.00. The number of rotatable bonds is 5. The van der Waals surface area contributed by atoms with Crippen molar-refractivity contribution in [1.29, 1.82) is 0 Å². The maximum atomic E-state index is 7.54. The van der Waals surface area contributed by atoms with Crippen LogP contribution in [0.4, 0.5) is 0 Å². The molecular weight excluding hydrogens is 779 g/mol. The van der Waals surface area contributed by atoms with E-state index < -0.39 is 0 Å². The number of furan rings is 1. The predicted octanol–water partition coefficient (Wildman–Crippen LogP) is 5.13. The van der Waals surface area contributed by atoms with Gasteiger partial charge in [0.05, 0.1) is 16.6 Å². The van der Waals surface area contributed by atoms with E-state index in [1.165, 1.54) is 0 Å². The minimum absolute atomic E-state index is 0.122. The van der Waals surface area contributed by atoms with Crippen LogP contribution in [0.25, 0.3) is 110 Å². The van der Waals surface area contributed by atoms with Gasteiger partial charge in [0.15, 0.2) is 0 Å². The average molecular weight is 805 g/mol. The maximum absolute atomic E-state index is 7.54. The summed E-state index contributed by atoms with van der Waals surface area (Å²) in [4.78, 5) is 0. The van der Waals surface area contributed by atoms with E-state index in [0.717, 1.165) is 77.1 Å². The van der Waals surface area contributed by atoms with Gasteiger partial charge in [-0.1, -0.05) is 124 Å². The number of para-hydroxylation sites is 2. The molecule has 3 aromatic heterocycles. The molecule has 9 aromatic carbocycles. The number of benzene rings is 9. The van der Waals surface area contributed by atoms with Gasteiger partial charge in [0, 0.05) is 55.3 Å². The maximum Gasteiger partial charge on any atom is 0.137 e. The van der Waals surface area contributed by atoms with Crippen molar-refractivity contribution < 1.29 is 4.42 Å². The number of nitrogens with zero attached hydrogens (tertiary/aromatic N) is 2. The summed E-state index contributed by atoms with van der Waals surface area (Å²) in [5.41, 5.74) is 13.4. The summed E-state index contributed by atoms with van der Waals surface area (Å²) in [5.74, 6) is 0. The first-order chi connectivity index (χ1) is 31.6. The third-order valence-electron chi connectivity index (χ3n) is 13.1. The molecule has 0 saturated heterocycles. The molecular formula is C54H26B8N2O. The molecule has 0 unspecified atom stereocenters. The van der Waals surface area contributed by atoms with Crippen LogP contribution in [0, 0.1) is 0 Å². The van der Waals surface area contributed by atoms with Crippen molar-refractivity contribution in [3.05, 3.63) is 158 Å². The number of fused-ring (bicyclic) bond motifs is 9. The molecule has 0 aliphatic carbocycles. The summed E-state index contributed by atoms with van der Waals surface area (Å²) in [6.45, 7) is 0. The lowest BCUT2D eigenvalue weighted by Crippen LogP contribution is -2.55. The zero-order chi connectivity index (χ0) is 44.4. The second-order valence-electron chi connectivity index (χ2n) is 16.6. The van der Waals surface area contributed by atoms with Gasteiger partial charge in [-0.2, -0.15) is 0 Å². The summed E-state index contributed by atoms with van der Waals surface area (Å²) in [6.07, 6.45) is 0. The summed E-state index contributed by atoms with van der Waals surface area (Å²) >= 11 is 0. The highest BCUT2D eigenvalue weighted by Crippen LogP contribution is 2.40. The minimum Gasteiger partial charge on any atom is -0.456 e. The third kappa shape index (κ3) is 5.74. The van der Waals surface area contributed by atoms with Crippen molar-refractivity contribution in [1.82, 2.24) is 9.13 Å². The lowest BCUT2D eigenvalue weighted by Gasteiger charge is -2.22. The molecule has 282 valence electrons. The molecule has 65 heavy (non-hydrogen) atoms. The van der Waals surface area contributed by atoms with Crippen molar-refractivity contribution in [2.45, 2.75) is 0 Å². The quantitative estimate of drug-likeness (QED) is 0.222. The molecule has 3 heterocycles. The molecule has 3 nitrogen and oxygen atoms in total. The van der Waals surface area contributed by atoms with E-state index >= 15 is 0 Å². The Hall–Kier alpha value is -7.10. The van der Waals surface area contributed by atoms with Crippen molar-refractivity contribution >= 4 is 172 Å². The molecule has 0 bridgehead atoms. The van der Waals surface area contributed by atoms with Crippen LogP contribution in [-0.2, 0) is 0 Å². The van der Waals surface area contributed by atoms with Crippen molar-refractivity contribution in [3.63, 3.8) is 0 Å². The van der Waals surface area contributed by atoms with Crippen molar-refractivity contribution in [2.75, 3.05) is 0 Å². The van der Waals surface area contributed by atoms with Crippen LogP contribution in [-0.4, -0.2) is 71.9 Å². The van der Waals surface area contributed by atoms with Gasteiger partial charge in [-0.25, -0.2) is 0 Å². The largest absolute Gasteiger partial charge is 0.456 e. The smallest absolute Gasteiger partial charge is 0.137 e. The predicted molar refractivity (Wildman–Crippen MR) is 282 cm³/mol. The summed E-state index contributed by atoms with van der Waals surface area (Å²) in [7, 11) is 54.9. The van der Waals surface area contributed by atoms with Crippen LogP contribution in [0.3, 0.4) is 0 Å². The number of aromatic nitrogens is 2. The van der Waals surface area contributed by atoms with E-state index in [2.05, 4.69) is 106 Å². The van der Waals surface area contributed by atoms with Crippen LogP contribution in [0.15, 0.2) is 162 Å². The van der Waals surface area contributed by atoms with Crippen LogP contribution >= 0.6 is 0 Å². The molecule has 12 aromatic rings. The first kappa shape index (κ1) is 39.5. The molecule has 0 amide bonds. The van der Waals surface area contributed by atoms with Crippen LogP contribution in [0.2, 0.25) is 0 Å². The van der Waals surface area contributed by atoms with Gasteiger partial charge in [0.25, 0.3) is 0 Å². The molecule has 0 saturated carbocycles. The van der Waals surface area contributed by atoms with E-state index in [-0.39, 0.29) is 27.3 Å². The van der Waals surface area contributed by atoms with Gasteiger partial charge in [-0.15, -0.1) is 16.4 Å². The second-order valence-corrected chi connectivity index (χ2v) is 16.6. The number of hydrogen-bond donors (Lipinski definition) is 0. The Balaban J connectivity index is 1.13. The Morgan fingerprint density at radius 2 is 0.908 bits per heavy atom. The molecule has 0 fully saturated rings. The fourth-order valence-corrected chi connectivity index (χ4v) is 10.0. The highest BCUT2D eigenvalue weighted by molar-refractivity contribution is 6.69. The summed E-state index contributed by atoms with van der Waals surface area (Å²) in [5, 5.41) is 5.47. The van der Waals surface area contributed by atoms with Gasteiger partial charge in [-0.3, -0.25) is 0 Å². The Morgan fingerprint density at radius 3 is 1.68 bits per heavy atom. The van der Waals surface area contributed by atoms with Gasteiger partial charge < -0.3 is 13.6 Å². The first-order valence-electron chi connectivity index (χ1n) is 21.2. The van der Waals surface area contributed by atoms with Gasteiger partial charge in [0.2, 0.25) is 0 Å². The SMILES string of the molecule is [B]c1c([B])c([B])c(-c2cccc3c2c2c([B])c(-c4ccc5c(c4)c4ccccc4n5-c4ccc(-c5ccccc5)cc4)c([B])c([B])c2n3-c2ccc3c(c2)oc2ccccc23)c([B])c1[B]. The lowest BCUT2D eigenvalue weighted by atomic mass is 9.59. The monoisotopic (exact) mass is 806 g/mol. The van der Waals surface area contributed by atoms with Crippen molar-refractivity contribution in [2.24, 2.45) is 0 Å².